The molecule has 2 saturated heterocycles. The minimum atomic E-state index is -0.640. The van der Waals surface area contributed by atoms with E-state index in [0.29, 0.717) is 25.2 Å². The first-order valence-electron chi connectivity index (χ1n) is 9.57. The van der Waals surface area contributed by atoms with Crippen molar-refractivity contribution in [3.8, 4) is 0 Å². The molecule has 144 valence electrons. The molecule has 2 aliphatic heterocycles. The number of rotatable bonds is 2. The van der Waals surface area contributed by atoms with E-state index in [-0.39, 0.29) is 17.6 Å². The number of amides is 2. The lowest BCUT2D eigenvalue weighted by Gasteiger charge is -2.41. The molecule has 4 heterocycles. The molecule has 4 rings (SSSR count). The number of hydrogen-bond donors (Lipinski definition) is 0. The lowest BCUT2D eigenvalue weighted by Crippen LogP contribution is -2.52. The summed E-state index contributed by atoms with van der Waals surface area (Å²) in [5.74, 6) is -0.941. The number of piperidine rings is 1. The maximum absolute atomic E-state index is 14.8. The Morgan fingerprint density at radius 1 is 1.26 bits per heavy atom. The van der Waals surface area contributed by atoms with Crippen LogP contribution in [0.2, 0.25) is 0 Å². The van der Waals surface area contributed by atoms with Gasteiger partial charge in [0, 0.05) is 31.9 Å². The van der Waals surface area contributed by atoms with Crippen LogP contribution in [-0.4, -0.2) is 56.7 Å². The Kier molecular flexibility index (Phi) is 4.20. The van der Waals surface area contributed by atoms with Gasteiger partial charge in [0.05, 0.1) is 5.41 Å². The molecule has 6 nitrogen and oxygen atoms in total. The number of carbonyl (C=O) groups excluding carboxylic acids is 2. The molecule has 0 aliphatic carbocycles. The number of aryl methyl sites for hydroxylation is 1. The van der Waals surface area contributed by atoms with Crippen molar-refractivity contribution in [1.29, 1.82) is 0 Å². The number of aromatic nitrogens is 2. The van der Waals surface area contributed by atoms with E-state index in [9.17, 15) is 14.0 Å². The minimum Gasteiger partial charge on any atom is -0.340 e. The van der Waals surface area contributed by atoms with E-state index in [1.165, 1.54) is 4.40 Å². The second-order valence-electron chi connectivity index (χ2n) is 8.14. The van der Waals surface area contributed by atoms with Crippen LogP contribution in [0, 0.1) is 18.3 Å². The Morgan fingerprint density at radius 3 is 2.78 bits per heavy atom. The Morgan fingerprint density at radius 2 is 2.04 bits per heavy atom. The van der Waals surface area contributed by atoms with E-state index in [2.05, 4.69) is 4.98 Å². The van der Waals surface area contributed by atoms with Crippen molar-refractivity contribution in [1.82, 2.24) is 19.2 Å². The molecule has 0 aromatic carbocycles. The standard InChI is InChI=1S/C20H25FN4O2/c1-13(2)24-9-4-7-20(19(24)27)8-10-23(12-20)18(26)16-17(21)25-11-14(3)5-6-15(25)22-16/h5-6,11,13H,4,7-10,12H2,1-3H3/t20-/m1/s1. The van der Waals surface area contributed by atoms with Gasteiger partial charge in [-0.2, -0.15) is 4.39 Å². The predicted molar refractivity (Wildman–Crippen MR) is 98.9 cm³/mol. The highest BCUT2D eigenvalue weighted by molar-refractivity contribution is 5.94. The van der Waals surface area contributed by atoms with Gasteiger partial charge in [-0.05, 0) is 51.7 Å². The zero-order valence-corrected chi connectivity index (χ0v) is 16.0. The zero-order chi connectivity index (χ0) is 19.3. The first-order valence-corrected chi connectivity index (χ1v) is 9.57. The van der Waals surface area contributed by atoms with Crippen molar-refractivity contribution in [3.63, 3.8) is 0 Å². The normalized spacial score (nSPS) is 23.2. The van der Waals surface area contributed by atoms with Crippen molar-refractivity contribution < 1.29 is 14.0 Å². The lowest BCUT2D eigenvalue weighted by molar-refractivity contribution is -0.147. The topological polar surface area (TPSA) is 57.9 Å². The monoisotopic (exact) mass is 372 g/mol. The number of pyridine rings is 1. The number of carbonyl (C=O) groups is 2. The first-order chi connectivity index (χ1) is 12.8. The molecule has 2 amide bonds. The summed E-state index contributed by atoms with van der Waals surface area (Å²) < 4.78 is 16.1. The summed E-state index contributed by atoms with van der Waals surface area (Å²) in [6, 6.07) is 3.69. The molecule has 2 aromatic heterocycles. The summed E-state index contributed by atoms with van der Waals surface area (Å²) in [6.45, 7) is 7.47. The maximum Gasteiger partial charge on any atom is 0.277 e. The van der Waals surface area contributed by atoms with E-state index in [1.807, 2.05) is 31.7 Å². The van der Waals surface area contributed by atoms with Crippen LogP contribution in [0.5, 0.6) is 0 Å². The number of imidazole rings is 1. The molecule has 7 heteroatoms. The second-order valence-corrected chi connectivity index (χ2v) is 8.14. The summed E-state index contributed by atoms with van der Waals surface area (Å²) in [7, 11) is 0. The highest BCUT2D eigenvalue weighted by Gasteiger charge is 2.50. The van der Waals surface area contributed by atoms with Crippen molar-refractivity contribution in [2.75, 3.05) is 19.6 Å². The van der Waals surface area contributed by atoms with E-state index in [1.54, 1.807) is 17.2 Å². The van der Waals surface area contributed by atoms with Crippen LogP contribution in [0.1, 0.15) is 49.2 Å². The fourth-order valence-corrected chi connectivity index (χ4v) is 4.43. The Bertz CT molecular complexity index is 922. The third kappa shape index (κ3) is 2.80. The smallest absolute Gasteiger partial charge is 0.277 e. The van der Waals surface area contributed by atoms with Crippen molar-refractivity contribution in [2.24, 2.45) is 5.41 Å². The van der Waals surface area contributed by atoms with Crippen LogP contribution in [0.15, 0.2) is 18.3 Å². The van der Waals surface area contributed by atoms with Gasteiger partial charge in [-0.15, -0.1) is 0 Å². The highest BCUT2D eigenvalue weighted by Crippen LogP contribution is 2.41. The Balaban J connectivity index is 1.60. The van der Waals surface area contributed by atoms with Crippen LogP contribution in [-0.2, 0) is 4.79 Å². The van der Waals surface area contributed by atoms with Crippen LogP contribution >= 0.6 is 0 Å². The van der Waals surface area contributed by atoms with Gasteiger partial charge in [-0.25, -0.2) is 4.98 Å². The van der Waals surface area contributed by atoms with Gasteiger partial charge in [0.1, 0.15) is 5.65 Å². The highest BCUT2D eigenvalue weighted by atomic mass is 19.1. The summed E-state index contributed by atoms with van der Waals surface area (Å²) in [5.41, 5.74) is 0.612. The van der Waals surface area contributed by atoms with E-state index in [0.717, 1.165) is 24.9 Å². The quantitative estimate of drug-likeness (QED) is 0.814. The molecule has 0 bridgehead atoms. The molecule has 27 heavy (non-hydrogen) atoms. The molecule has 0 saturated carbocycles. The average Bonchev–Trinajstić information content (AvgIpc) is 3.20. The predicted octanol–water partition coefficient (Wildman–Crippen LogP) is 2.64. The van der Waals surface area contributed by atoms with Gasteiger partial charge >= 0.3 is 0 Å². The van der Waals surface area contributed by atoms with Crippen molar-refractivity contribution >= 4 is 17.5 Å². The second kappa shape index (κ2) is 6.32. The van der Waals surface area contributed by atoms with Crippen LogP contribution in [0.4, 0.5) is 4.39 Å². The van der Waals surface area contributed by atoms with Gasteiger partial charge in [0.25, 0.3) is 5.91 Å². The van der Waals surface area contributed by atoms with E-state index >= 15 is 0 Å². The molecule has 2 fully saturated rings. The zero-order valence-electron chi connectivity index (χ0n) is 16.0. The summed E-state index contributed by atoms with van der Waals surface area (Å²) >= 11 is 0. The number of hydrogen-bond acceptors (Lipinski definition) is 3. The lowest BCUT2D eigenvalue weighted by atomic mass is 9.78. The fourth-order valence-electron chi connectivity index (χ4n) is 4.43. The first kappa shape index (κ1) is 17.9. The van der Waals surface area contributed by atoms with Gasteiger partial charge in [0.2, 0.25) is 11.9 Å². The van der Waals surface area contributed by atoms with Crippen LogP contribution in [0.25, 0.3) is 5.65 Å². The third-order valence-electron chi connectivity index (χ3n) is 5.94. The number of likely N-dealkylation sites (tertiary alicyclic amines) is 2. The Hall–Kier alpha value is -2.44. The number of fused-ring (bicyclic) bond motifs is 1. The molecular formula is C20H25FN4O2. The Labute approximate surface area is 158 Å². The van der Waals surface area contributed by atoms with Crippen LogP contribution < -0.4 is 0 Å². The average molecular weight is 372 g/mol. The number of halogens is 1. The molecule has 2 aliphatic rings. The molecular weight excluding hydrogens is 347 g/mol. The molecule has 2 aromatic rings. The van der Waals surface area contributed by atoms with Crippen molar-refractivity contribution in [2.45, 2.75) is 46.1 Å². The summed E-state index contributed by atoms with van der Waals surface area (Å²) in [6.07, 6.45) is 3.99. The van der Waals surface area contributed by atoms with E-state index in [4.69, 9.17) is 0 Å². The largest absolute Gasteiger partial charge is 0.340 e. The van der Waals surface area contributed by atoms with Crippen LogP contribution in [0.3, 0.4) is 0 Å². The molecule has 0 N–H and O–H groups in total. The molecule has 1 spiro atoms. The van der Waals surface area contributed by atoms with Gasteiger partial charge in [0.15, 0.2) is 5.69 Å². The number of nitrogens with zero attached hydrogens (tertiary/aromatic N) is 4. The summed E-state index contributed by atoms with van der Waals surface area (Å²) in [5, 5.41) is 0. The van der Waals surface area contributed by atoms with Gasteiger partial charge in [-0.1, -0.05) is 6.07 Å². The van der Waals surface area contributed by atoms with Gasteiger partial charge in [-0.3, -0.25) is 14.0 Å². The third-order valence-corrected chi connectivity index (χ3v) is 5.94. The van der Waals surface area contributed by atoms with Crippen molar-refractivity contribution in [3.05, 3.63) is 35.5 Å². The molecule has 1 atom stereocenters. The minimum absolute atomic E-state index is 0.130. The molecule has 0 radical (unpaired) electrons. The maximum atomic E-state index is 14.8. The molecule has 0 unspecified atom stereocenters. The SMILES string of the molecule is Cc1ccc2nc(C(=O)N3CC[C@]4(CCCN(C(C)C)C4=O)C3)c(F)n2c1. The fraction of sp³-hybridized carbons (Fsp3) is 0.550. The van der Waals surface area contributed by atoms with Gasteiger partial charge < -0.3 is 9.80 Å². The van der Waals surface area contributed by atoms with E-state index < -0.39 is 17.3 Å². The summed E-state index contributed by atoms with van der Waals surface area (Å²) in [4.78, 5) is 33.7.